The summed E-state index contributed by atoms with van der Waals surface area (Å²) in [5.41, 5.74) is 0.885. The molecule has 2 rings (SSSR count). The van der Waals surface area contributed by atoms with Crippen molar-refractivity contribution < 1.29 is 14.6 Å². The fraction of sp³-hybridized carbons (Fsp3) is 0.267. The van der Waals surface area contributed by atoms with Gasteiger partial charge in [0.1, 0.15) is 17.6 Å². The van der Waals surface area contributed by atoms with Crippen molar-refractivity contribution in [2.24, 2.45) is 0 Å². The number of aliphatic hydroxyl groups excluding tert-OH is 1. The van der Waals surface area contributed by atoms with Gasteiger partial charge in [-0.3, -0.25) is 0 Å². The highest BCUT2D eigenvalue weighted by Gasteiger charge is 2.06. The Morgan fingerprint density at radius 1 is 1.29 bits per heavy atom. The lowest BCUT2D eigenvalue weighted by Crippen LogP contribution is -2.04. The Balaban J connectivity index is 2.04. The number of nitriles is 1. The Kier molecular flexibility index (Phi) is 5.43. The second-order valence-electron chi connectivity index (χ2n) is 4.17. The van der Waals surface area contributed by atoms with Gasteiger partial charge in [-0.25, -0.2) is 0 Å². The topological polar surface area (TPSA) is 74.5 Å². The maximum Gasteiger partial charge on any atom is 0.163 e. The molecule has 21 heavy (non-hydrogen) atoms. The molecule has 0 fully saturated rings. The summed E-state index contributed by atoms with van der Waals surface area (Å²) in [6.07, 6.45) is 0. The summed E-state index contributed by atoms with van der Waals surface area (Å²) >= 11 is 1.47. The van der Waals surface area contributed by atoms with Crippen LogP contribution in [0.4, 0.5) is 5.69 Å². The number of methoxy groups -OCH3 is 1. The molecule has 6 heteroatoms. The molecule has 2 N–H and O–H groups in total. The summed E-state index contributed by atoms with van der Waals surface area (Å²) in [6.45, 7) is 0.807. The van der Waals surface area contributed by atoms with Crippen LogP contribution in [0.15, 0.2) is 30.3 Å². The minimum Gasteiger partial charge on any atom is -0.493 e. The molecule has 0 aliphatic rings. The van der Waals surface area contributed by atoms with E-state index in [1.165, 1.54) is 11.3 Å². The van der Waals surface area contributed by atoms with Gasteiger partial charge in [-0.05, 0) is 24.3 Å². The molecule has 0 aliphatic heterocycles. The number of aliphatic hydroxyl groups is 1. The van der Waals surface area contributed by atoms with E-state index in [0.29, 0.717) is 22.9 Å². The fourth-order valence-corrected chi connectivity index (χ4v) is 2.52. The van der Waals surface area contributed by atoms with E-state index in [1.54, 1.807) is 7.11 Å². The standard InChI is InChI=1S/C15H16N2O3S/c1-19-14-5-2-11(8-15(14)20-7-6-18)17-10-13-4-3-12(9-16)21-13/h2-5,8,17-18H,6-7,10H2,1H3. The van der Waals surface area contributed by atoms with Gasteiger partial charge in [0.25, 0.3) is 0 Å². The van der Waals surface area contributed by atoms with E-state index in [-0.39, 0.29) is 13.2 Å². The lowest BCUT2D eigenvalue weighted by atomic mass is 10.2. The van der Waals surface area contributed by atoms with E-state index >= 15 is 0 Å². The highest BCUT2D eigenvalue weighted by atomic mass is 32.1. The molecule has 1 heterocycles. The zero-order valence-electron chi connectivity index (χ0n) is 11.6. The number of nitrogens with one attached hydrogen (secondary N) is 1. The van der Waals surface area contributed by atoms with Crippen LogP contribution in [-0.4, -0.2) is 25.4 Å². The first-order valence-electron chi connectivity index (χ1n) is 6.41. The van der Waals surface area contributed by atoms with Gasteiger partial charge < -0.3 is 19.9 Å². The van der Waals surface area contributed by atoms with Gasteiger partial charge in [-0.1, -0.05) is 0 Å². The van der Waals surface area contributed by atoms with Crippen molar-refractivity contribution >= 4 is 17.0 Å². The Hall–Kier alpha value is -2.23. The maximum absolute atomic E-state index is 8.83. The van der Waals surface area contributed by atoms with Crippen LogP contribution < -0.4 is 14.8 Å². The average molecular weight is 304 g/mol. The van der Waals surface area contributed by atoms with Crippen molar-refractivity contribution in [3.05, 3.63) is 40.1 Å². The predicted molar refractivity (Wildman–Crippen MR) is 81.9 cm³/mol. The highest BCUT2D eigenvalue weighted by molar-refractivity contribution is 7.12. The quantitative estimate of drug-likeness (QED) is 0.822. The molecule has 0 atom stereocenters. The maximum atomic E-state index is 8.83. The molecule has 0 amide bonds. The molecule has 0 saturated carbocycles. The molecular formula is C15H16N2O3S. The van der Waals surface area contributed by atoms with Crippen LogP contribution in [0.1, 0.15) is 9.75 Å². The number of hydrogen-bond acceptors (Lipinski definition) is 6. The van der Waals surface area contributed by atoms with Crippen molar-refractivity contribution in [3.8, 4) is 17.6 Å². The summed E-state index contributed by atoms with van der Waals surface area (Å²) in [5, 5.41) is 20.9. The molecule has 110 valence electrons. The molecule has 2 aromatic rings. The average Bonchev–Trinajstić information content (AvgIpc) is 2.99. The molecule has 0 unspecified atom stereocenters. The van der Waals surface area contributed by atoms with Crippen LogP contribution in [0.5, 0.6) is 11.5 Å². The first-order valence-corrected chi connectivity index (χ1v) is 7.23. The van der Waals surface area contributed by atoms with Crippen molar-refractivity contribution in [1.82, 2.24) is 0 Å². The summed E-state index contributed by atoms with van der Waals surface area (Å²) < 4.78 is 10.6. The molecule has 0 spiro atoms. The Labute approximate surface area is 127 Å². The molecule has 1 aromatic heterocycles. The lowest BCUT2D eigenvalue weighted by molar-refractivity contribution is 0.196. The summed E-state index contributed by atoms with van der Waals surface area (Å²) in [7, 11) is 1.57. The number of anilines is 1. The van der Waals surface area contributed by atoms with E-state index in [2.05, 4.69) is 11.4 Å². The van der Waals surface area contributed by atoms with Crippen molar-refractivity contribution in [2.45, 2.75) is 6.54 Å². The number of ether oxygens (including phenoxy) is 2. The van der Waals surface area contributed by atoms with Crippen molar-refractivity contribution in [3.63, 3.8) is 0 Å². The molecule has 0 aliphatic carbocycles. The number of rotatable bonds is 7. The second-order valence-corrected chi connectivity index (χ2v) is 5.34. The molecule has 0 bridgehead atoms. The van der Waals surface area contributed by atoms with E-state index in [0.717, 1.165) is 10.6 Å². The summed E-state index contributed by atoms with van der Waals surface area (Å²) in [5.74, 6) is 1.21. The fourth-order valence-electron chi connectivity index (χ4n) is 1.78. The number of hydrogen-bond donors (Lipinski definition) is 2. The Morgan fingerprint density at radius 3 is 2.81 bits per heavy atom. The first-order chi connectivity index (χ1) is 10.3. The van der Waals surface area contributed by atoms with Gasteiger partial charge in [-0.2, -0.15) is 5.26 Å². The monoisotopic (exact) mass is 304 g/mol. The predicted octanol–water partition coefficient (Wildman–Crippen LogP) is 2.61. The largest absolute Gasteiger partial charge is 0.493 e. The van der Waals surface area contributed by atoms with E-state index < -0.39 is 0 Å². The van der Waals surface area contributed by atoms with Gasteiger partial charge in [0.2, 0.25) is 0 Å². The lowest BCUT2D eigenvalue weighted by Gasteiger charge is -2.12. The summed E-state index contributed by atoms with van der Waals surface area (Å²) in [4.78, 5) is 1.79. The zero-order chi connectivity index (χ0) is 15.1. The Bertz CT molecular complexity index is 634. The zero-order valence-corrected chi connectivity index (χ0v) is 12.4. The van der Waals surface area contributed by atoms with Crippen LogP contribution in [-0.2, 0) is 6.54 Å². The third-order valence-electron chi connectivity index (χ3n) is 2.75. The smallest absolute Gasteiger partial charge is 0.163 e. The molecule has 5 nitrogen and oxygen atoms in total. The number of benzene rings is 1. The van der Waals surface area contributed by atoms with Crippen molar-refractivity contribution in [1.29, 1.82) is 5.26 Å². The van der Waals surface area contributed by atoms with Crippen LogP contribution in [0.2, 0.25) is 0 Å². The van der Waals surface area contributed by atoms with Crippen LogP contribution >= 0.6 is 11.3 Å². The minimum atomic E-state index is -0.0487. The van der Waals surface area contributed by atoms with Gasteiger partial charge in [0.15, 0.2) is 11.5 Å². The number of thiophene rings is 1. The van der Waals surface area contributed by atoms with Crippen molar-refractivity contribution in [2.75, 3.05) is 25.6 Å². The van der Waals surface area contributed by atoms with Gasteiger partial charge >= 0.3 is 0 Å². The third-order valence-corrected chi connectivity index (χ3v) is 3.74. The van der Waals surface area contributed by atoms with Crippen LogP contribution in [0.25, 0.3) is 0 Å². The van der Waals surface area contributed by atoms with Gasteiger partial charge in [0, 0.05) is 23.2 Å². The molecule has 0 saturated heterocycles. The van der Waals surface area contributed by atoms with E-state index in [4.69, 9.17) is 19.8 Å². The summed E-state index contributed by atoms with van der Waals surface area (Å²) in [6, 6.07) is 11.4. The molecular weight excluding hydrogens is 288 g/mol. The van der Waals surface area contributed by atoms with E-state index in [9.17, 15) is 0 Å². The normalized spacial score (nSPS) is 9.95. The highest BCUT2D eigenvalue weighted by Crippen LogP contribution is 2.30. The van der Waals surface area contributed by atoms with Gasteiger partial charge in [0.05, 0.1) is 13.7 Å². The third kappa shape index (κ3) is 4.12. The molecule has 0 radical (unpaired) electrons. The minimum absolute atomic E-state index is 0.0487. The van der Waals surface area contributed by atoms with Crippen LogP contribution in [0, 0.1) is 11.3 Å². The Morgan fingerprint density at radius 2 is 2.14 bits per heavy atom. The number of nitrogens with zero attached hydrogens (tertiary/aromatic N) is 1. The SMILES string of the molecule is COc1ccc(NCc2ccc(C#N)s2)cc1OCCO. The molecule has 1 aromatic carbocycles. The first kappa shape index (κ1) is 15.2. The van der Waals surface area contributed by atoms with Gasteiger partial charge in [-0.15, -0.1) is 11.3 Å². The van der Waals surface area contributed by atoms with Crippen LogP contribution in [0.3, 0.4) is 0 Å². The second kappa shape index (κ2) is 7.53. The van der Waals surface area contributed by atoms with E-state index in [1.807, 2.05) is 30.3 Å².